The second kappa shape index (κ2) is 18.4. The average molecular weight is 495 g/mol. The summed E-state index contributed by atoms with van der Waals surface area (Å²) in [5.41, 5.74) is -1.63. The third-order valence-electron chi connectivity index (χ3n) is 6.83. The molecule has 6 nitrogen and oxygen atoms in total. The number of carbonyl (C=O) groups excluding carboxylic acids is 3. The second-order valence-corrected chi connectivity index (χ2v) is 10.3. The number of ether oxygens (including phenoxy) is 3. The molecule has 2 unspecified atom stereocenters. The van der Waals surface area contributed by atoms with Crippen LogP contribution in [0.2, 0.25) is 0 Å². The van der Waals surface area contributed by atoms with E-state index in [4.69, 9.17) is 14.2 Å². The van der Waals surface area contributed by atoms with E-state index in [1.54, 1.807) is 0 Å². The molecule has 1 aliphatic rings. The molecule has 1 rings (SSSR count). The Morgan fingerprint density at radius 1 is 0.886 bits per heavy atom. The molecule has 0 amide bonds. The Morgan fingerprint density at radius 2 is 1.49 bits per heavy atom. The first kappa shape index (κ1) is 31.2. The van der Waals surface area contributed by atoms with Gasteiger partial charge in [0.2, 0.25) is 5.60 Å². The summed E-state index contributed by atoms with van der Waals surface area (Å²) < 4.78 is 16.7. The van der Waals surface area contributed by atoms with Crippen LogP contribution in [0.15, 0.2) is 12.7 Å². The molecule has 2 atom stereocenters. The molecule has 6 heteroatoms. The van der Waals surface area contributed by atoms with Gasteiger partial charge in [0.1, 0.15) is 5.92 Å². The number of hydrogen-bond donors (Lipinski definition) is 0. The Labute approximate surface area is 213 Å². The smallest absolute Gasteiger partial charge is 0.351 e. The molecule has 0 heterocycles. The Hall–Kier alpha value is -1.85. The standard InChI is InChI=1S/C29H50O6/c1-5-7-8-9-10-11-12-17-22-33-27(31)25-20-15-16-21-29(25,35-26(30)6-2)28(32)34-23-18-13-14-19-24(3)4/h6,24-25H,2,5,7-23H2,1,3-4H3. The Kier molecular flexibility index (Phi) is 16.4. The van der Waals surface area contributed by atoms with Gasteiger partial charge in [0.05, 0.1) is 13.2 Å². The van der Waals surface area contributed by atoms with E-state index in [0.29, 0.717) is 25.4 Å². The zero-order valence-corrected chi connectivity index (χ0v) is 22.6. The first-order chi connectivity index (χ1) is 16.9. The largest absolute Gasteiger partial charge is 0.465 e. The van der Waals surface area contributed by atoms with Gasteiger partial charge in [0.25, 0.3) is 0 Å². The molecule has 1 saturated carbocycles. The zero-order chi connectivity index (χ0) is 25.9. The van der Waals surface area contributed by atoms with Gasteiger partial charge in [-0.3, -0.25) is 4.79 Å². The van der Waals surface area contributed by atoms with Gasteiger partial charge in [-0.15, -0.1) is 0 Å². The van der Waals surface area contributed by atoms with Crippen molar-refractivity contribution in [3.63, 3.8) is 0 Å². The van der Waals surface area contributed by atoms with Crippen molar-refractivity contribution in [1.82, 2.24) is 0 Å². The quantitative estimate of drug-likeness (QED) is 0.0825. The maximum Gasteiger partial charge on any atom is 0.351 e. The summed E-state index contributed by atoms with van der Waals surface area (Å²) in [6.45, 7) is 10.6. The van der Waals surface area contributed by atoms with E-state index in [1.165, 1.54) is 32.1 Å². The van der Waals surface area contributed by atoms with Crippen LogP contribution >= 0.6 is 0 Å². The van der Waals surface area contributed by atoms with E-state index in [-0.39, 0.29) is 13.0 Å². The highest BCUT2D eigenvalue weighted by Crippen LogP contribution is 2.39. The predicted octanol–water partition coefficient (Wildman–Crippen LogP) is 7.09. The van der Waals surface area contributed by atoms with E-state index in [2.05, 4.69) is 27.4 Å². The van der Waals surface area contributed by atoms with Crippen molar-refractivity contribution >= 4 is 17.9 Å². The van der Waals surface area contributed by atoms with Crippen LogP contribution in [0.5, 0.6) is 0 Å². The predicted molar refractivity (Wildman–Crippen MR) is 139 cm³/mol. The van der Waals surface area contributed by atoms with E-state index in [1.807, 2.05) is 0 Å². The van der Waals surface area contributed by atoms with E-state index >= 15 is 0 Å². The maximum atomic E-state index is 13.2. The van der Waals surface area contributed by atoms with Crippen LogP contribution in [0.3, 0.4) is 0 Å². The van der Waals surface area contributed by atoms with Gasteiger partial charge >= 0.3 is 17.9 Å². The number of unbranched alkanes of at least 4 members (excludes halogenated alkanes) is 9. The number of carbonyl (C=O) groups is 3. The monoisotopic (exact) mass is 494 g/mol. The van der Waals surface area contributed by atoms with Crippen molar-refractivity contribution in [2.45, 2.75) is 129 Å². The van der Waals surface area contributed by atoms with Gasteiger partial charge in [0, 0.05) is 6.08 Å². The molecule has 1 aliphatic carbocycles. The highest BCUT2D eigenvalue weighted by atomic mass is 16.6. The molecule has 0 aliphatic heterocycles. The second-order valence-electron chi connectivity index (χ2n) is 10.3. The van der Waals surface area contributed by atoms with Crippen LogP contribution in [0.25, 0.3) is 0 Å². The van der Waals surface area contributed by atoms with Crippen LogP contribution in [-0.2, 0) is 28.6 Å². The summed E-state index contributed by atoms with van der Waals surface area (Å²) in [6, 6.07) is 0. The van der Waals surface area contributed by atoms with Crippen LogP contribution in [0.4, 0.5) is 0 Å². The van der Waals surface area contributed by atoms with Crippen LogP contribution in [-0.4, -0.2) is 36.7 Å². The minimum absolute atomic E-state index is 0.254. The average Bonchev–Trinajstić information content (AvgIpc) is 2.84. The lowest BCUT2D eigenvalue weighted by Crippen LogP contribution is -2.55. The molecular formula is C29H50O6. The lowest BCUT2D eigenvalue weighted by atomic mass is 9.75. The van der Waals surface area contributed by atoms with E-state index in [9.17, 15) is 14.4 Å². The first-order valence-corrected chi connectivity index (χ1v) is 14.1. The third kappa shape index (κ3) is 12.1. The highest BCUT2D eigenvalue weighted by Gasteiger charge is 2.55. The fourth-order valence-corrected chi connectivity index (χ4v) is 4.71. The van der Waals surface area contributed by atoms with Gasteiger partial charge in [-0.2, -0.15) is 0 Å². The summed E-state index contributed by atoms with van der Waals surface area (Å²) >= 11 is 0. The SMILES string of the molecule is C=CC(=O)OC1(C(=O)OCCCCCC(C)C)CCCCC1C(=O)OCCCCCCCCCC. The van der Waals surface area contributed by atoms with Gasteiger partial charge < -0.3 is 14.2 Å². The summed E-state index contributed by atoms with van der Waals surface area (Å²) in [6.07, 6.45) is 16.3. The molecule has 0 aromatic carbocycles. The summed E-state index contributed by atoms with van der Waals surface area (Å²) in [4.78, 5) is 38.4. The van der Waals surface area contributed by atoms with Crippen LogP contribution in [0, 0.1) is 11.8 Å². The van der Waals surface area contributed by atoms with Crippen molar-refractivity contribution in [2.75, 3.05) is 13.2 Å². The first-order valence-electron chi connectivity index (χ1n) is 14.1. The van der Waals surface area contributed by atoms with Crippen LogP contribution in [0.1, 0.15) is 124 Å². The van der Waals surface area contributed by atoms with Crippen molar-refractivity contribution in [2.24, 2.45) is 11.8 Å². The minimum atomic E-state index is -1.63. The van der Waals surface area contributed by atoms with Crippen molar-refractivity contribution in [1.29, 1.82) is 0 Å². The fourth-order valence-electron chi connectivity index (χ4n) is 4.71. The number of rotatable bonds is 19. The molecule has 35 heavy (non-hydrogen) atoms. The molecule has 0 saturated heterocycles. The molecule has 0 N–H and O–H groups in total. The van der Waals surface area contributed by atoms with Gasteiger partial charge in [-0.05, 0) is 38.0 Å². The highest BCUT2D eigenvalue weighted by molar-refractivity contribution is 5.92. The Bertz CT molecular complexity index is 629. The summed E-state index contributed by atoms with van der Waals surface area (Å²) in [7, 11) is 0. The van der Waals surface area contributed by atoms with E-state index < -0.39 is 29.4 Å². The Morgan fingerprint density at radius 3 is 2.11 bits per heavy atom. The van der Waals surface area contributed by atoms with E-state index in [0.717, 1.165) is 57.4 Å². The molecule has 1 fully saturated rings. The maximum absolute atomic E-state index is 13.2. The molecule has 0 spiro atoms. The molecule has 0 aromatic heterocycles. The van der Waals surface area contributed by atoms with Gasteiger partial charge in [-0.1, -0.05) is 98.0 Å². The van der Waals surface area contributed by atoms with Gasteiger partial charge in [-0.25, -0.2) is 9.59 Å². The topological polar surface area (TPSA) is 78.9 Å². The summed E-state index contributed by atoms with van der Waals surface area (Å²) in [5.74, 6) is -2.02. The van der Waals surface area contributed by atoms with Crippen LogP contribution < -0.4 is 0 Å². The van der Waals surface area contributed by atoms with Crippen molar-refractivity contribution in [3.05, 3.63) is 12.7 Å². The number of esters is 3. The molecular weight excluding hydrogens is 444 g/mol. The van der Waals surface area contributed by atoms with Crippen molar-refractivity contribution < 1.29 is 28.6 Å². The Balaban J connectivity index is 2.63. The lowest BCUT2D eigenvalue weighted by molar-refractivity contribution is -0.198. The normalized spacial score (nSPS) is 19.8. The fraction of sp³-hybridized carbons (Fsp3) is 0.828. The molecule has 0 aromatic rings. The van der Waals surface area contributed by atoms with Crippen molar-refractivity contribution in [3.8, 4) is 0 Å². The third-order valence-corrected chi connectivity index (χ3v) is 6.83. The molecule has 0 radical (unpaired) electrons. The lowest BCUT2D eigenvalue weighted by Gasteiger charge is -2.39. The molecule has 202 valence electrons. The van der Waals surface area contributed by atoms with Gasteiger partial charge in [0.15, 0.2) is 0 Å². The number of hydrogen-bond acceptors (Lipinski definition) is 6. The minimum Gasteiger partial charge on any atom is -0.465 e. The molecule has 0 bridgehead atoms. The zero-order valence-electron chi connectivity index (χ0n) is 22.6. The summed E-state index contributed by atoms with van der Waals surface area (Å²) in [5, 5.41) is 0.